The van der Waals surface area contributed by atoms with Crippen LogP contribution in [0.15, 0.2) is 22.5 Å². The van der Waals surface area contributed by atoms with Crippen LogP contribution in [-0.4, -0.2) is 50.3 Å². The molecule has 0 aliphatic carbocycles. The average molecular weight is 308 g/mol. The van der Waals surface area contributed by atoms with Gasteiger partial charge in [-0.15, -0.1) is 11.3 Å². The van der Waals surface area contributed by atoms with Gasteiger partial charge in [0.25, 0.3) is 0 Å². The van der Waals surface area contributed by atoms with Crippen molar-refractivity contribution in [3.63, 3.8) is 0 Å². The number of hydrogen-bond acceptors (Lipinski definition) is 3. The van der Waals surface area contributed by atoms with Crippen LogP contribution in [0, 0.1) is 0 Å². The zero-order valence-corrected chi connectivity index (χ0v) is 12.1. The van der Waals surface area contributed by atoms with E-state index in [0.717, 1.165) is 6.42 Å². The van der Waals surface area contributed by atoms with Crippen molar-refractivity contribution < 1.29 is 13.2 Å². The van der Waals surface area contributed by atoms with Crippen molar-refractivity contribution >= 4 is 17.3 Å². The van der Waals surface area contributed by atoms with Gasteiger partial charge in [-0.25, -0.2) is 0 Å². The molecular formula is C12H19F3N4S. The number of guanidine groups is 1. The molecule has 0 radical (unpaired) electrons. The van der Waals surface area contributed by atoms with Crippen LogP contribution in [-0.2, 0) is 6.42 Å². The Morgan fingerprint density at radius 2 is 2.25 bits per heavy atom. The number of aliphatic imine (C=N–C) groups is 1. The molecule has 1 rings (SSSR count). The molecule has 1 aromatic rings. The van der Waals surface area contributed by atoms with Crippen LogP contribution < -0.4 is 11.1 Å². The van der Waals surface area contributed by atoms with Crippen molar-refractivity contribution in [2.45, 2.75) is 12.6 Å². The molecule has 0 fully saturated rings. The van der Waals surface area contributed by atoms with Crippen LogP contribution in [0.25, 0.3) is 0 Å². The van der Waals surface area contributed by atoms with Gasteiger partial charge in [-0.3, -0.25) is 9.89 Å². The van der Waals surface area contributed by atoms with E-state index in [4.69, 9.17) is 5.73 Å². The largest absolute Gasteiger partial charge is 0.401 e. The number of thiophene rings is 1. The van der Waals surface area contributed by atoms with Crippen LogP contribution >= 0.6 is 11.3 Å². The van der Waals surface area contributed by atoms with E-state index in [0.29, 0.717) is 6.54 Å². The van der Waals surface area contributed by atoms with Crippen LogP contribution in [0.1, 0.15) is 4.88 Å². The molecule has 0 amide bonds. The molecule has 0 saturated heterocycles. The van der Waals surface area contributed by atoms with Gasteiger partial charge in [-0.05, 0) is 24.9 Å². The summed E-state index contributed by atoms with van der Waals surface area (Å²) in [6.45, 7) is 0.180. The summed E-state index contributed by atoms with van der Waals surface area (Å²) in [6, 6.07) is 4.01. The third-order valence-corrected chi connectivity index (χ3v) is 3.41. The van der Waals surface area contributed by atoms with E-state index in [-0.39, 0.29) is 19.0 Å². The normalized spacial score (nSPS) is 12.9. The van der Waals surface area contributed by atoms with E-state index >= 15 is 0 Å². The van der Waals surface area contributed by atoms with E-state index in [1.807, 2.05) is 17.5 Å². The van der Waals surface area contributed by atoms with Gasteiger partial charge >= 0.3 is 6.18 Å². The Labute approximate surface area is 120 Å². The van der Waals surface area contributed by atoms with Crippen molar-refractivity contribution in [2.24, 2.45) is 10.7 Å². The monoisotopic (exact) mass is 308 g/mol. The van der Waals surface area contributed by atoms with Crippen molar-refractivity contribution in [3.05, 3.63) is 22.4 Å². The quantitative estimate of drug-likeness (QED) is 0.595. The van der Waals surface area contributed by atoms with E-state index in [1.165, 1.54) is 16.8 Å². The lowest BCUT2D eigenvalue weighted by molar-refractivity contribution is -0.142. The molecule has 1 aromatic heterocycles. The standard InChI is InChI=1S/C12H19F3N4S/c1-19(9-12(13,14)15)7-6-18-11(16)17-5-4-10-3-2-8-20-10/h2-3,8H,4-7,9H2,1H3,(H3,16,17,18). The molecule has 3 N–H and O–H groups in total. The Kier molecular flexibility index (Phi) is 6.80. The third kappa shape index (κ3) is 8.00. The van der Waals surface area contributed by atoms with Crippen LogP contribution in [0.4, 0.5) is 13.2 Å². The first-order chi connectivity index (χ1) is 9.37. The summed E-state index contributed by atoms with van der Waals surface area (Å²) in [5.74, 6) is 0.266. The van der Waals surface area contributed by atoms with E-state index in [9.17, 15) is 13.2 Å². The molecule has 0 atom stereocenters. The predicted octanol–water partition coefficient (Wildman–Crippen LogP) is 1.69. The van der Waals surface area contributed by atoms with Gasteiger partial charge in [0.1, 0.15) is 0 Å². The summed E-state index contributed by atoms with van der Waals surface area (Å²) in [4.78, 5) is 6.41. The third-order valence-electron chi connectivity index (χ3n) is 2.47. The lowest BCUT2D eigenvalue weighted by atomic mass is 10.3. The van der Waals surface area contributed by atoms with Crippen LogP contribution in [0.5, 0.6) is 0 Å². The highest BCUT2D eigenvalue weighted by Gasteiger charge is 2.28. The highest BCUT2D eigenvalue weighted by molar-refractivity contribution is 7.09. The van der Waals surface area contributed by atoms with E-state index < -0.39 is 12.7 Å². The van der Waals surface area contributed by atoms with Crippen LogP contribution in [0.3, 0.4) is 0 Å². The molecule has 1 heterocycles. The maximum atomic E-state index is 12.1. The Bertz CT molecular complexity index is 403. The number of hydrogen-bond donors (Lipinski definition) is 2. The second-order valence-corrected chi connectivity index (χ2v) is 5.41. The van der Waals surface area contributed by atoms with Crippen LogP contribution in [0.2, 0.25) is 0 Å². The van der Waals surface area contributed by atoms with Crippen molar-refractivity contribution in [1.29, 1.82) is 0 Å². The molecule has 4 nitrogen and oxygen atoms in total. The van der Waals surface area contributed by atoms with Gasteiger partial charge in [0.05, 0.1) is 13.1 Å². The average Bonchev–Trinajstić information content (AvgIpc) is 2.79. The predicted molar refractivity (Wildman–Crippen MR) is 76.1 cm³/mol. The summed E-state index contributed by atoms with van der Waals surface area (Å²) in [5.41, 5.74) is 5.63. The fourth-order valence-electron chi connectivity index (χ4n) is 1.55. The molecule has 20 heavy (non-hydrogen) atoms. The molecule has 0 aliphatic heterocycles. The number of nitrogens with one attached hydrogen (secondary N) is 1. The van der Waals surface area contributed by atoms with Gasteiger partial charge in [-0.2, -0.15) is 13.2 Å². The molecule has 0 saturated carbocycles. The number of halogens is 3. The van der Waals surface area contributed by atoms with E-state index in [1.54, 1.807) is 11.3 Å². The minimum atomic E-state index is -4.18. The molecule has 0 bridgehead atoms. The first-order valence-corrected chi connectivity index (χ1v) is 7.06. The molecule has 0 aliphatic rings. The van der Waals surface area contributed by atoms with Crippen molar-refractivity contribution in [1.82, 2.24) is 10.2 Å². The topological polar surface area (TPSA) is 53.6 Å². The smallest absolute Gasteiger partial charge is 0.370 e. The summed E-state index contributed by atoms with van der Waals surface area (Å²) in [6.07, 6.45) is -3.33. The minimum absolute atomic E-state index is 0.215. The molecule has 0 spiro atoms. The summed E-state index contributed by atoms with van der Waals surface area (Å²) < 4.78 is 36.2. The Hall–Kier alpha value is -1.28. The first-order valence-electron chi connectivity index (χ1n) is 6.18. The number of nitrogens with zero attached hydrogens (tertiary/aromatic N) is 2. The van der Waals surface area contributed by atoms with Gasteiger partial charge in [0.2, 0.25) is 0 Å². The molecule has 114 valence electrons. The summed E-state index contributed by atoms with van der Waals surface area (Å²) >= 11 is 1.67. The highest BCUT2D eigenvalue weighted by Crippen LogP contribution is 2.15. The molecule has 0 aromatic carbocycles. The SMILES string of the molecule is CN(CCN=C(N)NCCc1cccs1)CC(F)(F)F. The van der Waals surface area contributed by atoms with E-state index in [2.05, 4.69) is 10.3 Å². The molecular weight excluding hydrogens is 289 g/mol. The summed E-state index contributed by atoms with van der Waals surface area (Å²) in [5, 5.41) is 4.94. The Morgan fingerprint density at radius 1 is 1.50 bits per heavy atom. The van der Waals surface area contributed by atoms with Gasteiger partial charge in [-0.1, -0.05) is 6.07 Å². The fraction of sp³-hybridized carbons (Fsp3) is 0.583. The number of alkyl halides is 3. The highest BCUT2D eigenvalue weighted by atomic mass is 32.1. The second kappa shape index (κ2) is 8.11. The number of nitrogens with two attached hydrogens (primary N) is 1. The maximum absolute atomic E-state index is 12.1. The number of rotatable bonds is 7. The Balaban J connectivity index is 2.15. The zero-order valence-electron chi connectivity index (χ0n) is 11.3. The van der Waals surface area contributed by atoms with Gasteiger partial charge in [0, 0.05) is 18.0 Å². The van der Waals surface area contributed by atoms with Gasteiger partial charge < -0.3 is 11.1 Å². The first kappa shape index (κ1) is 16.8. The lowest BCUT2D eigenvalue weighted by Gasteiger charge is -2.17. The Morgan fingerprint density at radius 3 is 2.85 bits per heavy atom. The molecule has 0 unspecified atom stereocenters. The minimum Gasteiger partial charge on any atom is -0.370 e. The maximum Gasteiger partial charge on any atom is 0.401 e. The number of likely N-dealkylation sites (N-methyl/N-ethyl adjacent to an activating group) is 1. The zero-order chi connectivity index (χ0) is 15.0. The summed E-state index contributed by atoms with van der Waals surface area (Å²) in [7, 11) is 1.41. The van der Waals surface area contributed by atoms with Gasteiger partial charge in [0.15, 0.2) is 5.96 Å². The lowest BCUT2D eigenvalue weighted by Crippen LogP contribution is -2.35. The van der Waals surface area contributed by atoms with Crippen molar-refractivity contribution in [3.8, 4) is 0 Å². The van der Waals surface area contributed by atoms with Crippen molar-refractivity contribution in [2.75, 3.05) is 33.2 Å². The fourth-order valence-corrected chi connectivity index (χ4v) is 2.26. The molecule has 8 heteroatoms. The second-order valence-electron chi connectivity index (χ2n) is 4.38.